The number of phenolic OH excluding ortho intramolecular Hbond substituents is 2. The van der Waals surface area contributed by atoms with Gasteiger partial charge in [-0.25, -0.2) is 0 Å². The van der Waals surface area contributed by atoms with Crippen LogP contribution < -0.4 is 0 Å². The lowest BCUT2D eigenvalue weighted by Crippen LogP contribution is -2.13. The highest BCUT2D eigenvalue weighted by Crippen LogP contribution is 2.25. The van der Waals surface area contributed by atoms with Crippen molar-refractivity contribution >= 4 is 12.5 Å². The average Bonchev–Trinajstić information content (AvgIpc) is 2.53. The molecule has 8 heteroatoms. The van der Waals surface area contributed by atoms with E-state index in [4.69, 9.17) is 9.94 Å². The highest BCUT2D eigenvalue weighted by Gasteiger charge is 2.12. The number of hydroxylamine groups is 2. The van der Waals surface area contributed by atoms with Crippen LogP contribution in [0.25, 0.3) is 0 Å². The minimum absolute atomic E-state index is 0.106. The molecule has 1 aliphatic rings. The van der Waals surface area contributed by atoms with Crippen LogP contribution in [0, 0.1) is 0 Å². The van der Waals surface area contributed by atoms with E-state index in [0.29, 0.717) is 11.1 Å². The van der Waals surface area contributed by atoms with Crippen molar-refractivity contribution in [1.29, 1.82) is 0 Å². The van der Waals surface area contributed by atoms with Gasteiger partial charge in [0.1, 0.15) is 0 Å². The number of nitrogens with zero attached hydrogens (tertiary/aromatic N) is 2. The molecule has 0 heterocycles. The number of hydrogen-bond donors (Lipinski definition) is 4. The minimum Gasteiger partial charge on any atom is -0.504 e. The lowest BCUT2D eigenvalue weighted by Gasteiger charge is -2.15. The number of carbonyl (C=O) groups is 1. The molecule has 0 bridgehead atoms. The molecule has 2 rings (SSSR count). The molecule has 24 heavy (non-hydrogen) atoms. The van der Waals surface area contributed by atoms with Crippen LogP contribution in [0.15, 0.2) is 59.1 Å². The lowest BCUT2D eigenvalue weighted by molar-refractivity contribution is -0.114. The van der Waals surface area contributed by atoms with Crippen LogP contribution in [0.1, 0.15) is 5.56 Å². The summed E-state index contributed by atoms with van der Waals surface area (Å²) in [6.45, 7) is 2.77. The first-order valence-corrected chi connectivity index (χ1v) is 6.67. The van der Waals surface area contributed by atoms with Crippen LogP contribution in [0.5, 0.6) is 11.5 Å². The van der Waals surface area contributed by atoms with Gasteiger partial charge in [-0.05, 0) is 41.5 Å². The van der Waals surface area contributed by atoms with Gasteiger partial charge in [0.05, 0.1) is 13.7 Å². The highest BCUT2D eigenvalue weighted by atomic mass is 16.5. The molecule has 0 atom stereocenters. The second-order valence-corrected chi connectivity index (χ2v) is 4.60. The largest absolute Gasteiger partial charge is 0.504 e. The van der Waals surface area contributed by atoms with Crippen LogP contribution in [0.3, 0.4) is 0 Å². The Morgan fingerprint density at radius 1 is 1.29 bits per heavy atom. The Morgan fingerprint density at radius 3 is 2.54 bits per heavy atom. The summed E-state index contributed by atoms with van der Waals surface area (Å²) in [4.78, 5) is 11.4. The number of oxime groups is 1. The molecule has 1 aromatic carbocycles. The third kappa shape index (κ3) is 5.50. The number of ketones is 1. The lowest BCUT2D eigenvalue weighted by atomic mass is 10.1. The van der Waals surface area contributed by atoms with Crippen molar-refractivity contribution in [3.63, 3.8) is 0 Å². The van der Waals surface area contributed by atoms with Crippen molar-refractivity contribution < 1.29 is 30.2 Å². The zero-order chi connectivity index (χ0) is 18.1. The van der Waals surface area contributed by atoms with E-state index >= 15 is 0 Å². The number of phenols is 2. The van der Waals surface area contributed by atoms with Crippen LogP contribution in [-0.4, -0.2) is 45.3 Å². The molecule has 0 aromatic heterocycles. The van der Waals surface area contributed by atoms with Crippen molar-refractivity contribution in [2.45, 2.75) is 6.54 Å². The normalized spacial score (nSPS) is 14.5. The molecular formula is C16H18N2O6. The Bertz CT molecular complexity index is 694. The monoisotopic (exact) mass is 334 g/mol. The molecule has 4 N–H and O–H groups in total. The summed E-state index contributed by atoms with van der Waals surface area (Å²) in [5, 5.41) is 38.7. The number of benzene rings is 1. The van der Waals surface area contributed by atoms with E-state index in [-0.39, 0.29) is 29.6 Å². The van der Waals surface area contributed by atoms with E-state index in [1.54, 1.807) is 12.1 Å². The number of rotatable bonds is 4. The standard InChI is InChI=1S/C15H15NO5.CH3NO/c1-21-15-7-11(3-5-13(15)18)9-16(20)8-10-2-4-12(17)14(19)6-10;1-2-3/h2-7,9,17,19-20H,8H2,1H3;3H,1H2. The van der Waals surface area contributed by atoms with E-state index < -0.39 is 0 Å². The summed E-state index contributed by atoms with van der Waals surface area (Å²) in [5.74, 6) is -0.511. The van der Waals surface area contributed by atoms with Crippen molar-refractivity contribution in [1.82, 2.24) is 5.06 Å². The van der Waals surface area contributed by atoms with Crippen molar-refractivity contribution in [2.75, 3.05) is 7.11 Å². The van der Waals surface area contributed by atoms with Crippen molar-refractivity contribution in [3.05, 3.63) is 59.5 Å². The summed E-state index contributed by atoms with van der Waals surface area (Å²) in [6, 6.07) is 4.27. The van der Waals surface area contributed by atoms with E-state index in [0.717, 1.165) is 5.06 Å². The van der Waals surface area contributed by atoms with Gasteiger partial charge in [-0.1, -0.05) is 6.07 Å². The molecule has 1 aliphatic carbocycles. The summed E-state index contributed by atoms with van der Waals surface area (Å²) in [5.41, 5.74) is 1.20. The van der Waals surface area contributed by atoms with Crippen LogP contribution in [-0.2, 0) is 16.1 Å². The molecule has 1 aromatic rings. The zero-order valence-electron chi connectivity index (χ0n) is 13.0. The number of carbonyl (C=O) groups excluding carboxylic acids is 1. The molecule has 8 nitrogen and oxygen atoms in total. The van der Waals surface area contributed by atoms with E-state index in [1.165, 1.54) is 37.6 Å². The molecular weight excluding hydrogens is 316 g/mol. The number of ether oxygens (including phenoxy) is 1. The maximum absolute atomic E-state index is 11.4. The van der Waals surface area contributed by atoms with Gasteiger partial charge in [-0.15, -0.1) is 5.16 Å². The first kappa shape index (κ1) is 18.8. The Kier molecular flexibility index (Phi) is 7.05. The first-order valence-electron chi connectivity index (χ1n) is 6.67. The Labute approximate surface area is 138 Å². The van der Waals surface area contributed by atoms with Crippen LogP contribution in [0.2, 0.25) is 0 Å². The quantitative estimate of drug-likeness (QED) is 0.287. The fourth-order valence-corrected chi connectivity index (χ4v) is 1.84. The van der Waals surface area contributed by atoms with Gasteiger partial charge in [-0.2, -0.15) is 0 Å². The second-order valence-electron chi connectivity index (χ2n) is 4.60. The third-order valence-electron chi connectivity index (χ3n) is 2.87. The Balaban J connectivity index is 0.000000891. The molecule has 0 radical (unpaired) electrons. The Hall–Kier alpha value is -3.26. The van der Waals surface area contributed by atoms with Crippen molar-refractivity contribution in [2.24, 2.45) is 5.16 Å². The molecule has 0 aliphatic heterocycles. The van der Waals surface area contributed by atoms with Gasteiger partial charge < -0.3 is 20.2 Å². The van der Waals surface area contributed by atoms with Gasteiger partial charge in [0.15, 0.2) is 17.3 Å². The van der Waals surface area contributed by atoms with E-state index in [1.807, 2.05) is 0 Å². The number of hydrogen-bond acceptors (Lipinski definition) is 8. The summed E-state index contributed by atoms with van der Waals surface area (Å²) >= 11 is 0. The molecule has 128 valence electrons. The molecule has 0 unspecified atom stereocenters. The fraction of sp³-hybridized carbons (Fsp3) is 0.125. The second kappa shape index (κ2) is 9.01. The van der Waals surface area contributed by atoms with E-state index in [9.17, 15) is 20.2 Å². The van der Waals surface area contributed by atoms with Gasteiger partial charge in [-0.3, -0.25) is 15.1 Å². The molecule has 0 saturated heterocycles. The summed E-state index contributed by atoms with van der Waals surface area (Å²) < 4.78 is 4.92. The Morgan fingerprint density at radius 2 is 1.96 bits per heavy atom. The fourth-order valence-electron chi connectivity index (χ4n) is 1.84. The highest BCUT2D eigenvalue weighted by molar-refractivity contribution is 6.04. The summed E-state index contributed by atoms with van der Waals surface area (Å²) in [7, 11) is 1.40. The SMILES string of the molecule is C=NO.COC1=CC(=CN(O)Cc2ccc(O)c(O)c2)C=CC1=O. The van der Waals surface area contributed by atoms with Crippen molar-refractivity contribution in [3.8, 4) is 11.5 Å². The smallest absolute Gasteiger partial charge is 0.220 e. The average molecular weight is 334 g/mol. The predicted octanol–water partition coefficient (Wildman–Crippen LogP) is 1.92. The topological polar surface area (TPSA) is 123 Å². The van der Waals surface area contributed by atoms with E-state index in [2.05, 4.69) is 11.9 Å². The van der Waals surface area contributed by atoms with Gasteiger partial charge in [0, 0.05) is 12.9 Å². The number of aromatic hydroxyl groups is 2. The zero-order valence-corrected chi connectivity index (χ0v) is 13.0. The van der Waals surface area contributed by atoms with Gasteiger partial charge >= 0.3 is 0 Å². The summed E-state index contributed by atoms with van der Waals surface area (Å²) in [6.07, 6.45) is 5.85. The van der Waals surface area contributed by atoms with Gasteiger partial charge in [0.25, 0.3) is 0 Å². The van der Waals surface area contributed by atoms with Crippen LogP contribution in [0.4, 0.5) is 0 Å². The molecule has 0 spiro atoms. The first-order chi connectivity index (χ1) is 11.4. The minimum atomic E-state index is -0.252. The third-order valence-corrected chi connectivity index (χ3v) is 2.87. The predicted molar refractivity (Wildman–Crippen MR) is 85.8 cm³/mol. The van der Waals surface area contributed by atoms with Crippen LogP contribution >= 0.6 is 0 Å². The maximum Gasteiger partial charge on any atom is 0.220 e. The van der Waals surface area contributed by atoms with Gasteiger partial charge in [0.2, 0.25) is 5.78 Å². The molecule has 0 fully saturated rings. The molecule has 0 saturated carbocycles. The number of methoxy groups -OCH3 is 1. The maximum atomic E-state index is 11.4. The number of allylic oxidation sites excluding steroid dienone is 4. The molecule has 0 amide bonds.